The van der Waals surface area contributed by atoms with E-state index in [2.05, 4.69) is 43.0 Å². The molecule has 0 aliphatic carbocycles. The molecule has 0 bridgehead atoms. The molecular formula is C10H24N4. The van der Waals surface area contributed by atoms with Gasteiger partial charge in [0.15, 0.2) is 0 Å². The smallest absolute Gasteiger partial charge is 0.208 e. The number of aliphatic imine (C=N–C) groups is 1. The number of hydrazine groups is 1. The van der Waals surface area contributed by atoms with Crippen molar-refractivity contribution in [1.29, 1.82) is 0 Å². The van der Waals surface area contributed by atoms with Gasteiger partial charge in [-0.2, -0.15) is 0 Å². The molecule has 1 unspecified atom stereocenters. The van der Waals surface area contributed by atoms with E-state index in [9.17, 15) is 0 Å². The van der Waals surface area contributed by atoms with Gasteiger partial charge in [0.05, 0.1) is 0 Å². The fourth-order valence-electron chi connectivity index (χ4n) is 1.01. The van der Waals surface area contributed by atoms with Crippen LogP contribution < -0.4 is 11.3 Å². The van der Waals surface area contributed by atoms with Crippen molar-refractivity contribution in [2.45, 2.75) is 40.2 Å². The summed E-state index contributed by atoms with van der Waals surface area (Å²) in [6.07, 6.45) is 1.08. The van der Waals surface area contributed by atoms with E-state index in [1.165, 1.54) is 0 Å². The zero-order valence-corrected chi connectivity index (χ0v) is 10.0. The maximum absolute atomic E-state index is 5.43. The molecule has 0 heterocycles. The predicted molar refractivity (Wildman–Crippen MR) is 62.0 cm³/mol. The van der Waals surface area contributed by atoms with Crippen molar-refractivity contribution in [1.82, 2.24) is 10.3 Å². The van der Waals surface area contributed by atoms with Gasteiger partial charge in [0.2, 0.25) is 5.96 Å². The topological polar surface area (TPSA) is 53.6 Å². The second-order valence-corrected chi connectivity index (χ2v) is 4.07. The third-order valence-corrected chi connectivity index (χ3v) is 2.32. The minimum absolute atomic E-state index is 0.456. The highest BCUT2D eigenvalue weighted by Crippen LogP contribution is 2.01. The Morgan fingerprint density at radius 2 is 2.00 bits per heavy atom. The largest absolute Gasteiger partial charge is 0.342 e. The van der Waals surface area contributed by atoms with Gasteiger partial charge in [-0.1, -0.05) is 20.8 Å². The molecule has 4 heteroatoms. The molecule has 14 heavy (non-hydrogen) atoms. The van der Waals surface area contributed by atoms with Crippen LogP contribution in [0.25, 0.3) is 0 Å². The van der Waals surface area contributed by atoms with Crippen LogP contribution in [0.2, 0.25) is 0 Å². The van der Waals surface area contributed by atoms with Crippen LogP contribution in [0, 0.1) is 5.92 Å². The Balaban J connectivity index is 4.31. The summed E-state index contributed by atoms with van der Waals surface area (Å²) in [5, 5.41) is 0. The molecule has 0 aliphatic heterocycles. The summed E-state index contributed by atoms with van der Waals surface area (Å²) in [5.74, 6) is 6.76. The number of nitrogens with two attached hydrogens (primary N) is 1. The monoisotopic (exact) mass is 200 g/mol. The second kappa shape index (κ2) is 6.65. The molecule has 0 spiro atoms. The van der Waals surface area contributed by atoms with Crippen LogP contribution in [0.3, 0.4) is 0 Å². The highest BCUT2D eigenvalue weighted by molar-refractivity contribution is 5.79. The van der Waals surface area contributed by atoms with Crippen molar-refractivity contribution in [2.24, 2.45) is 16.8 Å². The molecule has 0 saturated heterocycles. The summed E-state index contributed by atoms with van der Waals surface area (Å²) in [4.78, 5) is 6.49. The summed E-state index contributed by atoms with van der Waals surface area (Å²) in [6.45, 7) is 9.39. The highest BCUT2D eigenvalue weighted by atomic mass is 15.4. The lowest BCUT2D eigenvalue weighted by Gasteiger charge is -2.26. The molecule has 0 aliphatic rings. The zero-order chi connectivity index (χ0) is 11.1. The van der Waals surface area contributed by atoms with E-state index < -0.39 is 0 Å². The molecule has 0 aromatic rings. The van der Waals surface area contributed by atoms with Crippen LogP contribution in [-0.2, 0) is 0 Å². The van der Waals surface area contributed by atoms with E-state index in [-0.39, 0.29) is 0 Å². The summed E-state index contributed by atoms with van der Waals surface area (Å²) < 4.78 is 0. The van der Waals surface area contributed by atoms with E-state index in [0.717, 1.165) is 18.9 Å². The third-order valence-electron chi connectivity index (χ3n) is 2.32. The molecule has 0 rings (SSSR count). The average molecular weight is 200 g/mol. The molecular weight excluding hydrogens is 176 g/mol. The van der Waals surface area contributed by atoms with E-state index >= 15 is 0 Å². The first-order chi connectivity index (χ1) is 6.52. The number of rotatable bonds is 4. The molecule has 1 atom stereocenters. The van der Waals surface area contributed by atoms with Crippen LogP contribution in [0.5, 0.6) is 0 Å². The second-order valence-electron chi connectivity index (χ2n) is 4.07. The SMILES string of the molecule is CCC(C)N(C)C(=NCC(C)C)NN. The first-order valence-electron chi connectivity index (χ1n) is 5.26. The summed E-state index contributed by atoms with van der Waals surface area (Å²) in [5.41, 5.74) is 2.65. The molecule has 3 N–H and O–H groups in total. The summed E-state index contributed by atoms with van der Waals surface area (Å²) in [6, 6.07) is 0.456. The lowest BCUT2D eigenvalue weighted by molar-refractivity contribution is 0.366. The summed E-state index contributed by atoms with van der Waals surface area (Å²) in [7, 11) is 2.01. The molecule has 0 amide bonds. The normalized spacial score (nSPS) is 14.4. The minimum Gasteiger partial charge on any atom is -0.342 e. The first-order valence-corrected chi connectivity index (χ1v) is 5.26. The summed E-state index contributed by atoms with van der Waals surface area (Å²) >= 11 is 0. The van der Waals surface area contributed by atoms with Crippen molar-refractivity contribution >= 4 is 5.96 Å². The minimum atomic E-state index is 0.456. The Morgan fingerprint density at radius 3 is 2.36 bits per heavy atom. The molecule has 0 fully saturated rings. The highest BCUT2D eigenvalue weighted by Gasteiger charge is 2.10. The lowest BCUT2D eigenvalue weighted by atomic mass is 10.2. The molecule has 0 saturated carbocycles. The molecule has 0 aromatic heterocycles. The Kier molecular flexibility index (Phi) is 6.28. The van der Waals surface area contributed by atoms with Crippen LogP contribution in [0.1, 0.15) is 34.1 Å². The Hall–Kier alpha value is -0.770. The van der Waals surface area contributed by atoms with Gasteiger partial charge in [0.1, 0.15) is 0 Å². The maximum Gasteiger partial charge on any atom is 0.208 e. The van der Waals surface area contributed by atoms with E-state index in [1.54, 1.807) is 0 Å². The molecule has 84 valence electrons. The van der Waals surface area contributed by atoms with Gasteiger partial charge >= 0.3 is 0 Å². The Labute approximate surface area is 87.5 Å². The van der Waals surface area contributed by atoms with Gasteiger partial charge in [-0.15, -0.1) is 0 Å². The number of guanidine groups is 1. The lowest BCUT2D eigenvalue weighted by Crippen LogP contribution is -2.46. The van der Waals surface area contributed by atoms with Crippen LogP contribution in [0.4, 0.5) is 0 Å². The number of hydrogen-bond acceptors (Lipinski definition) is 2. The van der Waals surface area contributed by atoms with Gasteiger partial charge in [-0.3, -0.25) is 10.4 Å². The van der Waals surface area contributed by atoms with Crippen molar-refractivity contribution in [2.75, 3.05) is 13.6 Å². The first kappa shape index (κ1) is 13.2. The zero-order valence-electron chi connectivity index (χ0n) is 10.0. The van der Waals surface area contributed by atoms with E-state index in [1.807, 2.05) is 7.05 Å². The number of nitrogens with one attached hydrogen (secondary N) is 1. The van der Waals surface area contributed by atoms with Gasteiger partial charge in [0.25, 0.3) is 0 Å². The van der Waals surface area contributed by atoms with Crippen LogP contribution >= 0.6 is 0 Å². The standard InChI is InChI=1S/C10H24N4/c1-6-9(4)14(5)10(13-11)12-7-8(2)3/h8-9H,6-7,11H2,1-5H3,(H,12,13). The fourth-order valence-corrected chi connectivity index (χ4v) is 1.01. The van der Waals surface area contributed by atoms with Crippen molar-refractivity contribution < 1.29 is 0 Å². The van der Waals surface area contributed by atoms with Gasteiger partial charge < -0.3 is 4.90 Å². The quantitative estimate of drug-likeness (QED) is 0.310. The maximum atomic E-state index is 5.43. The fraction of sp³-hybridized carbons (Fsp3) is 0.900. The number of hydrogen-bond donors (Lipinski definition) is 2. The third kappa shape index (κ3) is 4.46. The Bertz CT molecular complexity index is 177. The van der Waals surface area contributed by atoms with Crippen molar-refractivity contribution in [3.8, 4) is 0 Å². The van der Waals surface area contributed by atoms with Crippen LogP contribution in [-0.4, -0.2) is 30.5 Å². The Morgan fingerprint density at radius 1 is 1.43 bits per heavy atom. The molecule has 0 radical (unpaired) electrons. The van der Waals surface area contributed by atoms with Crippen LogP contribution in [0.15, 0.2) is 4.99 Å². The molecule has 4 nitrogen and oxygen atoms in total. The van der Waals surface area contributed by atoms with E-state index in [4.69, 9.17) is 5.84 Å². The van der Waals surface area contributed by atoms with Gasteiger partial charge in [0, 0.05) is 19.6 Å². The predicted octanol–water partition coefficient (Wildman–Crippen LogP) is 1.19. The van der Waals surface area contributed by atoms with E-state index in [0.29, 0.717) is 12.0 Å². The molecule has 0 aromatic carbocycles. The number of nitrogens with zero attached hydrogens (tertiary/aromatic N) is 2. The van der Waals surface area contributed by atoms with Crippen molar-refractivity contribution in [3.05, 3.63) is 0 Å². The average Bonchev–Trinajstić information content (AvgIpc) is 2.16. The van der Waals surface area contributed by atoms with Crippen molar-refractivity contribution in [3.63, 3.8) is 0 Å². The van der Waals surface area contributed by atoms with Gasteiger partial charge in [-0.05, 0) is 19.3 Å². The van der Waals surface area contributed by atoms with Gasteiger partial charge in [-0.25, -0.2) is 5.84 Å².